The minimum Gasteiger partial charge on any atom is -0.462 e. The highest BCUT2D eigenvalue weighted by molar-refractivity contribution is 5.70. The summed E-state index contributed by atoms with van der Waals surface area (Å²) in [6.07, 6.45) is 10.3. The van der Waals surface area contributed by atoms with E-state index in [-0.39, 0.29) is 98.3 Å². The van der Waals surface area contributed by atoms with E-state index in [0.29, 0.717) is 24.2 Å². The molecule has 10 nitrogen and oxygen atoms in total. The van der Waals surface area contributed by atoms with Crippen LogP contribution in [0.3, 0.4) is 0 Å². The topological polar surface area (TPSA) is 160 Å². The quantitative estimate of drug-likeness (QED) is 0.108. The van der Waals surface area contributed by atoms with Crippen LogP contribution in [0.15, 0.2) is 30.3 Å². The summed E-state index contributed by atoms with van der Waals surface area (Å²) in [5, 5.41) is 0. The lowest BCUT2D eigenvalue weighted by Crippen LogP contribution is -2.56. The van der Waals surface area contributed by atoms with Crippen molar-refractivity contribution in [1.29, 1.82) is 0 Å². The zero-order chi connectivity index (χ0) is 37.7. The normalized spacial score (nSPS) is 30.0. The molecule has 0 amide bonds. The van der Waals surface area contributed by atoms with Crippen LogP contribution >= 0.6 is 0 Å². The lowest BCUT2D eigenvalue weighted by Gasteiger charge is -2.58. The summed E-state index contributed by atoms with van der Waals surface area (Å²) in [4.78, 5) is 40.8. The van der Waals surface area contributed by atoms with E-state index in [9.17, 15) is 14.4 Å². The molecule has 0 heterocycles. The van der Waals surface area contributed by atoms with E-state index in [0.717, 1.165) is 58.0 Å². The summed E-state index contributed by atoms with van der Waals surface area (Å²) in [6.45, 7) is 9.72. The van der Waals surface area contributed by atoms with Gasteiger partial charge in [-0.25, -0.2) is 0 Å². The molecule has 4 unspecified atom stereocenters. The van der Waals surface area contributed by atoms with E-state index < -0.39 is 0 Å². The Labute approximate surface area is 313 Å². The van der Waals surface area contributed by atoms with Crippen LogP contribution in [0, 0.1) is 40.9 Å². The van der Waals surface area contributed by atoms with E-state index in [1.807, 2.05) is 0 Å². The van der Waals surface area contributed by atoms with E-state index in [1.54, 1.807) is 0 Å². The van der Waals surface area contributed by atoms with Gasteiger partial charge in [0.15, 0.2) is 0 Å². The van der Waals surface area contributed by atoms with Crippen molar-refractivity contribution in [2.75, 3.05) is 33.2 Å². The van der Waals surface area contributed by atoms with E-state index >= 15 is 0 Å². The molecule has 0 bridgehead atoms. The molecule has 10 heteroatoms. The molecule has 0 radical (unpaired) electrons. The molecule has 3 fully saturated rings. The summed E-state index contributed by atoms with van der Waals surface area (Å²) in [7, 11) is 2.21. The summed E-state index contributed by atoms with van der Waals surface area (Å²) >= 11 is 0. The molecule has 1 aromatic rings. The van der Waals surface area contributed by atoms with Gasteiger partial charge in [-0.15, -0.1) is 0 Å². The lowest BCUT2D eigenvalue weighted by atomic mass is 9.48. The van der Waals surface area contributed by atoms with Gasteiger partial charge in [-0.3, -0.25) is 14.4 Å². The molecule has 0 aromatic heterocycles. The Kier molecular flexibility index (Phi) is 16.9. The first-order valence-electron chi connectivity index (χ1n) is 20.4. The Morgan fingerprint density at radius 1 is 0.904 bits per heavy atom. The fourth-order valence-corrected chi connectivity index (χ4v) is 10.1. The molecule has 3 aliphatic carbocycles. The third-order valence-electron chi connectivity index (χ3n) is 13.0. The van der Waals surface area contributed by atoms with E-state index in [4.69, 9.17) is 31.4 Å². The summed E-state index contributed by atoms with van der Waals surface area (Å²) in [5.41, 5.74) is 18.4. The van der Waals surface area contributed by atoms with Gasteiger partial charge >= 0.3 is 17.9 Å². The standard InChI is InChI=1S/C42H70N4O6/c1-5-34(50-38(47)16-20-43)27-36-41(32-14-13-31(24-32)29(2)10-9-23-46(4)28-30-11-7-6-8-12-30)37(52-40(49)18-22-45)26-33-25-35(15-19-42(33,36)3)51-39(48)17-21-44/h6-8,11-12,29,31-37,41H,5,9-10,13-28,43-45H2,1-4H3/t29-,31?,32-,33?,34-,35-,36+,37-,41?,42?/m1/s1. The van der Waals surface area contributed by atoms with Crippen LogP contribution in [-0.4, -0.2) is 74.3 Å². The average molecular weight is 727 g/mol. The van der Waals surface area contributed by atoms with Crippen LogP contribution < -0.4 is 17.2 Å². The minimum absolute atomic E-state index is 0.0844. The molecule has 6 N–H and O–H groups in total. The number of carbonyl (C=O) groups excluding carboxylic acids is 3. The first-order chi connectivity index (χ1) is 25.0. The van der Waals surface area contributed by atoms with E-state index in [1.165, 1.54) is 24.8 Å². The number of carbonyl (C=O) groups is 3. The zero-order valence-corrected chi connectivity index (χ0v) is 32.6. The molecular weight excluding hydrogens is 656 g/mol. The summed E-state index contributed by atoms with van der Waals surface area (Å²) in [6, 6.07) is 10.7. The van der Waals surface area contributed by atoms with E-state index in [2.05, 4.69) is 63.1 Å². The Balaban J connectivity index is 1.54. The number of hydrogen-bond donors (Lipinski definition) is 3. The molecule has 294 valence electrons. The number of benzene rings is 1. The Morgan fingerprint density at radius 3 is 2.25 bits per heavy atom. The SMILES string of the molecule is CC[C@H](C[C@H]1C([C@@H]2CCC([C@H](C)CCCN(C)Cc3ccccc3)C2)[C@H](OC(=O)CCN)CC2C[C@H](OC(=O)CCN)CCC21C)OC(=O)CCN. The Hall–Kier alpha value is -2.53. The van der Waals surface area contributed by atoms with Gasteiger partial charge in [-0.1, -0.05) is 51.1 Å². The number of fused-ring (bicyclic) bond motifs is 1. The molecule has 4 rings (SSSR count). The summed E-state index contributed by atoms with van der Waals surface area (Å²) in [5.74, 6) is 1.40. The van der Waals surface area contributed by atoms with Crippen molar-refractivity contribution >= 4 is 17.9 Å². The van der Waals surface area contributed by atoms with Crippen molar-refractivity contribution in [2.45, 2.75) is 136 Å². The fraction of sp³-hybridized carbons (Fsp3) is 0.786. The van der Waals surface area contributed by atoms with Crippen LogP contribution in [-0.2, 0) is 35.1 Å². The van der Waals surface area contributed by atoms with Crippen LogP contribution in [0.4, 0.5) is 0 Å². The maximum absolute atomic E-state index is 13.2. The van der Waals surface area contributed by atoms with Crippen LogP contribution in [0.5, 0.6) is 0 Å². The Morgan fingerprint density at radius 2 is 1.58 bits per heavy atom. The molecular formula is C42H70N4O6. The lowest BCUT2D eigenvalue weighted by molar-refractivity contribution is -0.185. The second kappa shape index (κ2) is 20.8. The van der Waals surface area contributed by atoms with Crippen LogP contribution in [0.1, 0.15) is 116 Å². The van der Waals surface area contributed by atoms with Crippen molar-refractivity contribution < 1.29 is 28.6 Å². The monoisotopic (exact) mass is 727 g/mol. The second-order valence-electron chi connectivity index (χ2n) is 16.6. The average Bonchev–Trinajstić information content (AvgIpc) is 3.59. The molecule has 0 aliphatic heterocycles. The summed E-state index contributed by atoms with van der Waals surface area (Å²) < 4.78 is 18.4. The van der Waals surface area contributed by atoms with Crippen molar-refractivity contribution in [3.8, 4) is 0 Å². The van der Waals surface area contributed by atoms with Crippen molar-refractivity contribution in [1.82, 2.24) is 4.90 Å². The maximum atomic E-state index is 13.2. The van der Waals surface area contributed by atoms with Gasteiger partial charge in [-0.05, 0) is 125 Å². The number of ether oxygens (including phenoxy) is 3. The Bertz CT molecular complexity index is 1250. The molecule has 52 heavy (non-hydrogen) atoms. The number of rotatable bonds is 20. The highest BCUT2D eigenvalue weighted by atomic mass is 16.6. The van der Waals surface area contributed by atoms with Crippen molar-refractivity contribution in [3.05, 3.63) is 35.9 Å². The largest absolute Gasteiger partial charge is 0.462 e. The third kappa shape index (κ3) is 11.7. The van der Waals surface area contributed by atoms with Gasteiger partial charge in [0.1, 0.15) is 18.3 Å². The van der Waals surface area contributed by atoms with Gasteiger partial charge in [0.25, 0.3) is 0 Å². The highest BCUT2D eigenvalue weighted by Gasteiger charge is 2.58. The minimum atomic E-state index is -0.261. The maximum Gasteiger partial charge on any atom is 0.307 e. The molecule has 3 saturated carbocycles. The number of nitrogens with two attached hydrogens (primary N) is 3. The first kappa shape index (κ1) is 42.2. The van der Waals surface area contributed by atoms with Gasteiger partial charge in [0, 0.05) is 32.1 Å². The smallest absolute Gasteiger partial charge is 0.307 e. The van der Waals surface area contributed by atoms with Crippen LogP contribution in [0.2, 0.25) is 0 Å². The zero-order valence-electron chi connectivity index (χ0n) is 32.6. The molecule has 10 atom stereocenters. The van der Waals surface area contributed by atoms with Gasteiger partial charge in [0.05, 0.1) is 19.3 Å². The number of esters is 3. The first-order valence-corrected chi connectivity index (χ1v) is 20.4. The molecule has 0 saturated heterocycles. The number of hydrogen-bond acceptors (Lipinski definition) is 10. The van der Waals surface area contributed by atoms with Gasteiger partial charge in [-0.2, -0.15) is 0 Å². The highest BCUT2D eigenvalue weighted by Crippen LogP contribution is 2.61. The fourth-order valence-electron chi connectivity index (χ4n) is 10.1. The molecule has 3 aliphatic rings. The number of nitrogens with zero attached hydrogens (tertiary/aromatic N) is 1. The van der Waals surface area contributed by atoms with Crippen molar-refractivity contribution in [2.24, 2.45) is 58.1 Å². The van der Waals surface area contributed by atoms with Crippen LogP contribution in [0.25, 0.3) is 0 Å². The third-order valence-corrected chi connectivity index (χ3v) is 13.0. The van der Waals surface area contributed by atoms with Crippen molar-refractivity contribution in [3.63, 3.8) is 0 Å². The second-order valence-corrected chi connectivity index (χ2v) is 16.6. The van der Waals surface area contributed by atoms with Gasteiger partial charge in [0.2, 0.25) is 0 Å². The predicted molar refractivity (Wildman–Crippen MR) is 205 cm³/mol. The predicted octanol–water partition coefficient (Wildman–Crippen LogP) is 5.98. The molecule has 1 aromatic carbocycles. The molecule has 0 spiro atoms. The van der Waals surface area contributed by atoms with Gasteiger partial charge < -0.3 is 36.3 Å².